The molecule has 1 saturated carbocycles. The first-order chi connectivity index (χ1) is 8.86. The van der Waals surface area contributed by atoms with E-state index < -0.39 is 0 Å². The Labute approximate surface area is 119 Å². The van der Waals surface area contributed by atoms with Gasteiger partial charge in [-0.05, 0) is 44.4 Å². The fourth-order valence-electron chi connectivity index (χ4n) is 3.27. The summed E-state index contributed by atoms with van der Waals surface area (Å²) in [6, 6.07) is 0.425. The quantitative estimate of drug-likeness (QED) is 0.831. The van der Waals surface area contributed by atoms with Crippen molar-refractivity contribution in [2.75, 3.05) is 13.6 Å². The lowest BCUT2D eigenvalue weighted by Crippen LogP contribution is -2.52. The molecule has 0 heterocycles. The smallest absolute Gasteiger partial charge is 0.239 e. The first kappa shape index (κ1) is 16.5. The summed E-state index contributed by atoms with van der Waals surface area (Å²) in [5, 5.41) is 3.60. The topological polar surface area (TPSA) is 32.3 Å². The van der Waals surface area contributed by atoms with E-state index in [9.17, 15) is 4.79 Å². The van der Waals surface area contributed by atoms with Crippen LogP contribution in [0.3, 0.4) is 0 Å². The van der Waals surface area contributed by atoms with Crippen LogP contribution >= 0.6 is 0 Å². The highest BCUT2D eigenvalue weighted by atomic mass is 16.2. The summed E-state index contributed by atoms with van der Waals surface area (Å²) in [5.41, 5.74) is 0. The lowest BCUT2D eigenvalue weighted by atomic mass is 9.74. The number of rotatable bonds is 5. The predicted octanol–water partition coefficient (Wildman–Crippen LogP) is 2.90. The lowest BCUT2D eigenvalue weighted by Gasteiger charge is -2.39. The molecule has 0 spiro atoms. The molecule has 0 aromatic rings. The zero-order valence-corrected chi connectivity index (χ0v) is 13.6. The first-order valence-electron chi connectivity index (χ1n) is 7.87. The van der Waals surface area contributed by atoms with Crippen LogP contribution in [0.4, 0.5) is 0 Å². The van der Waals surface area contributed by atoms with E-state index in [4.69, 9.17) is 0 Å². The van der Waals surface area contributed by atoms with Crippen LogP contribution in [0, 0.1) is 17.8 Å². The summed E-state index contributed by atoms with van der Waals surface area (Å²) in [5.74, 6) is 2.39. The highest BCUT2D eigenvalue weighted by molar-refractivity contribution is 5.81. The van der Waals surface area contributed by atoms with E-state index in [1.54, 1.807) is 4.90 Å². The van der Waals surface area contributed by atoms with Crippen LogP contribution in [0.1, 0.15) is 53.9 Å². The zero-order chi connectivity index (χ0) is 14.6. The summed E-state index contributed by atoms with van der Waals surface area (Å²) in [6.07, 6.45) is 3.83. The third-order valence-electron chi connectivity index (χ3n) is 4.71. The minimum Gasteiger partial charge on any atom is -0.345 e. The molecule has 1 amide bonds. The molecule has 1 N–H and O–H groups in total. The van der Waals surface area contributed by atoms with E-state index in [0.717, 1.165) is 12.5 Å². The monoisotopic (exact) mass is 268 g/mol. The summed E-state index contributed by atoms with van der Waals surface area (Å²) < 4.78 is 0. The normalized spacial score (nSPS) is 29.3. The zero-order valence-electron chi connectivity index (χ0n) is 13.6. The molecule has 112 valence electrons. The second-order valence-corrected chi connectivity index (χ2v) is 6.67. The second-order valence-electron chi connectivity index (χ2n) is 6.67. The molecule has 0 aliphatic heterocycles. The van der Waals surface area contributed by atoms with Crippen molar-refractivity contribution in [2.24, 2.45) is 17.8 Å². The molecular formula is C16H32N2O. The Morgan fingerprint density at radius 2 is 1.95 bits per heavy atom. The van der Waals surface area contributed by atoms with E-state index in [1.807, 2.05) is 20.9 Å². The lowest BCUT2D eigenvalue weighted by molar-refractivity contribution is -0.132. The van der Waals surface area contributed by atoms with Crippen molar-refractivity contribution in [3.8, 4) is 0 Å². The maximum Gasteiger partial charge on any atom is 0.239 e. The van der Waals surface area contributed by atoms with Crippen molar-refractivity contribution in [1.82, 2.24) is 10.2 Å². The van der Waals surface area contributed by atoms with Gasteiger partial charge in [-0.1, -0.05) is 27.2 Å². The molecule has 0 radical (unpaired) electrons. The summed E-state index contributed by atoms with van der Waals surface area (Å²) in [4.78, 5) is 14.0. The molecule has 4 unspecified atom stereocenters. The molecule has 3 nitrogen and oxygen atoms in total. The number of likely N-dealkylation sites (N-methyl/N-ethyl adjacent to an activating group) is 1. The number of hydrogen-bond acceptors (Lipinski definition) is 2. The van der Waals surface area contributed by atoms with E-state index >= 15 is 0 Å². The Kier molecular flexibility index (Phi) is 6.31. The molecule has 1 fully saturated rings. The van der Waals surface area contributed by atoms with E-state index in [1.165, 1.54) is 19.3 Å². The Morgan fingerprint density at radius 3 is 2.47 bits per heavy atom. The van der Waals surface area contributed by atoms with Crippen LogP contribution in [0.15, 0.2) is 0 Å². The number of nitrogens with one attached hydrogen (secondary N) is 1. The van der Waals surface area contributed by atoms with Crippen LogP contribution < -0.4 is 5.32 Å². The highest BCUT2D eigenvalue weighted by Crippen LogP contribution is 2.33. The Balaban J connectivity index is 2.63. The summed E-state index contributed by atoms with van der Waals surface area (Å²) in [7, 11) is 1.88. The third-order valence-corrected chi connectivity index (χ3v) is 4.71. The van der Waals surface area contributed by atoms with Crippen LogP contribution in [-0.4, -0.2) is 36.5 Å². The van der Waals surface area contributed by atoms with E-state index in [2.05, 4.69) is 26.1 Å². The molecule has 0 aromatic heterocycles. The fourth-order valence-corrected chi connectivity index (χ4v) is 3.27. The standard InChI is InChI=1S/C16H32N2O/c1-7-18(6)16(19)13(5)17-15-10-12(4)8-9-14(15)11(2)3/h11-15,17H,7-10H2,1-6H3. The third kappa shape index (κ3) is 4.48. The van der Waals surface area contributed by atoms with Gasteiger partial charge in [0, 0.05) is 19.6 Å². The van der Waals surface area contributed by atoms with E-state index in [0.29, 0.717) is 17.9 Å². The molecule has 1 rings (SSSR count). The number of carbonyl (C=O) groups is 1. The molecule has 0 saturated heterocycles. The van der Waals surface area contributed by atoms with E-state index in [-0.39, 0.29) is 11.9 Å². The van der Waals surface area contributed by atoms with Gasteiger partial charge in [0.15, 0.2) is 0 Å². The van der Waals surface area contributed by atoms with Crippen LogP contribution in [0.2, 0.25) is 0 Å². The second kappa shape index (κ2) is 7.28. The average Bonchev–Trinajstić information content (AvgIpc) is 2.36. The average molecular weight is 268 g/mol. The van der Waals surface area contributed by atoms with Gasteiger partial charge in [0.05, 0.1) is 6.04 Å². The fraction of sp³-hybridized carbons (Fsp3) is 0.938. The molecule has 3 heteroatoms. The molecular weight excluding hydrogens is 236 g/mol. The highest BCUT2D eigenvalue weighted by Gasteiger charge is 2.32. The Hall–Kier alpha value is -0.570. The maximum absolute atomic E-state index is 12.2. The number of amides is 1. The molecule has 1 aliphatic carbocycles. The largest absolute Gasteiger partial charge is 0.345 e. The molecule has 1 aliphatic rings. The van der Waals surface area contributed by atoms with Crippen molar-refractivity contribution >= 4 is 5.91 Å². The van der Waals surface area contributed by atoms with Gasteiger partial charge in [0.1, 0.15) is 0 Å². The Bertz CT molecular complexity index is 290. The minimum absolute atomic E-state index is 0.0681. The SMILES string of the molecule is CCN(C)C(=O)C(C)NC1CC(C)CCC1C(C)C. The molecule has 0 aromatic carbocycles. The maximum atomic E-state index is 12.2. The van der Waals surface area contributed by atoms with Gasteiger partial charge < -0.3 is 10.2 Å². The first-order valence-corrected chi connectivity index (χ1v) is 7.87. The summed E-state index contributed by atoms with van der Waals surface area (Å²) >= 11 is 0. The molecule has 4 atom stereocenters. The molecule has 19 heavy (non-hydrogen) atoms. The number of hydrogen-bond donors (Lipinski definition) is 1. The van der Waals surface area contributed by atoms with Crippen LogP contribution in [0.25, 0.3) is 0 Å². The number of carbonyl (C=O) groups excluding carboxylic acids is 1. The Morgan fingerprint density at radius 1 is 1.32 bits per heavy atom. The predicted molar refractivity (Wildman–Crippen MR) is 81.0 cm³/mol. The van der Waals surface area contributed by atoms with Crippen LogP contribution in [0.5, 0.6) is 0 Å². The minimum atomic E-state index is -0.0681. The van der Waals surface area contributed by atoms with Gasteiger partial charge in [0.25, 0.3) is 0 Å². The van der Waals surface area contributed by atoms with Gasteiger partial charge >= 0.3 is 0 Å². The van der Waals surface area contributed by atoms with Gasteiger partial charge in [-0.15, -0.1) is 0 Å². The van der Waals surface area contributed by atoms with Gasteiger partial charge in [-0.2, -0.15) is 0 Å². The number of nitrogens with zero attached hydrogens (tertiary/aromatic N) is 1. The molecule has 0 bridgehead atoms. The van der Waals surface area contributed by atoms with Gasteiger partial charge in [0.2, 0.25) is 5.91 Å². The van der Waals surface area contributed by atoms with Crippen molar-refractivity contribution in [3.05, 3.63) is 0 Å². The van der Waals surface area contributed by atoms with Gasteiger partial charge in [-0.25, -0.2) is 0 Å². The van der Waals surface area contributed by atoms with Crippen LogP contribution in [-0.2, 0) is 4.79 Å². The van der Waals surface area contributed by atoms with Crippen molar-refractivity contribution in [1.29, 1.82) is 0 Å². The van der Waals surface area contributed by atoms with Crippen molar-refractivity contribution < 1.29 is 4.79 Å². The van der Waals surface area contributed by atoms with Crippen molar-refractivity contribution in [3.63, 3.8) is 0 Å². The van der Waals surface area contributed by atoms with Crippen molar-refractivity contribution in [2.45, 2.75) is 66.0 Å². The van der Waals surface area contributed by atoms with Gasteiger partial charge in [-0.3, -0.25) is 4.79 Å². The summed E-state index contributed by atoms with van der Waals surface area (Å²) in [6.45, 7) is 11.7.